The molecule has 0 aliphatic carbocycles. The summed E-state index contributed by atoms with van der Waals surface area (Å²) in [6.07, 6.45) is 5.74. The van der Waals surface area contributed by atoms with Crippen LogP contribution in [0.4, 0.5) is 0 Å². The lowest BCUT2D eigenvalue weighted by atomic mass is 10.1. The van der Waals surface area contributed by atoms with Crippen molar-refractivity contribution in [2.24, 2.45) is 4.99 Å². The maximum Gasteiger partial charge on any atom is 0.191 e. The van der Waals surface area contributed by atoms with Crippen LogP contribution in [0.1, 0.15) is 27.8 Å². The Bertz CT molecular complexity index is 654. The summed E-state index contributed by atoms with van der Waals surface area (Å²) in [7, 11) is 1.81. The van der Waals surface area contributed by atoms with E-state index in [0.717, 1.165) is 25.3 Å². The Morgan fingerprint density at radius 2 is 2.08 bits per heavy atom. The van der Waals surface area contributed by atoms with Crippen LogP contribution in [-0.2, 0) is 12.8 Å². The van der Waals surface area contributed by atoms with Crippen LogP contribution in [0.15, 0.2) is 35.6 Å². The second kappa shape index (κ2) is 10.7. The molecule has 0 aromatic carbocycles. The van der Waals surface area contributed by atoms with E-state index in [2.05, 4.69) is 59.6 Å². The zero-order valence-electron chi connectivity index (χ0n) is 14.8. The van der Waals surface area contributed by atoms with Gasteiger partial charge in [0.25, 0.3) is 0 Å². The van der Waals surface area contributed by atoms with Crippen LogP contribution in [0.5, 0.6) is 0 Å². The van der Waals surface area contributed by atoms with Gasteiger partial charge >= 0.3 is 0 Å². The Morgan fingerprint density at radius 3 is 2.71 bits per heavy atom. The summed E-state index contributed by atoms with van der Waals surface area (Å²) in [5.74, 6) is 0.859. The lowest BCUT2D eigenvalue weighted by Gasteiger charge is -2.17. The van der Waals surface area contributed by atoms with Gasteiger partial charge in [0.2, 0.25) is 0 Å². The van der Waals surface area contributed by atoms with Crippen LogP contribution in [0.25, 0.3) is 0 Å². The molecule has 2 rings (SSSR count). The van der Waals surface area contributed by atoms with Gasteiger partial charge in [-0.05, 0) is 56.5 Å². The van der Waals surface area contributed by atoms with Crippen LogP contribution >= 0.6 is 35.3 Å². The lowest BCUT2D eigenvalue weighted by Crippen LogP contribution is -2.43. The monoisotopic (exact) mass is 458 g/mol. The van der Waals surface area contributed by atoms with Crippen molar-refractivity contribution in [3.8, 4) is 0 Å². The van der Waals surface area contributed by atoms with Crippen molar-refractivity contribution in [2.75, 3.05) is 13.6 Å². The number of rotatable bonds is 6. The van der Waals surface area contributed by atoms with Gasteiger partial charge in [-0.25, -0.2) is 0 Å². The largest absolute Gasteiger partial charge is 0.356 e. The minimum atomic E-state index is 0. The molecule has 0 aliphatic heterocycles. The Kier molecular flexibility index (Phi) is 9.28. The van der Waals surface area contributed by atoms with Gasteiger partial charge in [0, 0.05) is 48.2 Å². The molecule has 0 spiro atoms. The molecule has 4 nitrogen and oxygen atoms in total. The Labute approximate surface area is 166 Å². The van der Waals surface area contributed by atoms with Gasteiger partial charge in [0.05, 0.1) is 0 Å². The van der Waals surface area contributed by atoms with Crippen molar-refractivity contribution in [3.05, 3.63) is 51.5 Å². The predicted octanol–water partition coefficient (Wildman–Crippen LogP) is 3.72. The maximum atomic E-state index is 4.31. The molecule has 2 heterocycles. The molecule has 2 N–H and O–H groups in total. The zero-order valence-corrected chi connectivity index (χ0v) is 17.9. The molecule has 0 radical (unpaired) electrons. The maximum absolute atomic E-state index is 4.31. The van der Waals surface area contributed by atoms with Crippen LogP contribution in [0, 0.1) is 13.8 Å². The van der Waals surface area contributed by atoms with Crippen molar-refractivity contribution in [3.63, 3.8) is 0 Å². The average Bonchev–Trinajstić information content (AvgIpc) is 2.93. The molecule has 0 aliphatic rings. The molecule has 0 saturated carbocycles. The summed E-state index contributed by atoms with van der Waals surface area (Å²) in [4.78, 5) is 11.2. The van der Waals surface area contributed by atoms with Gasteiger partial charge in [0.1, 0.15) is 0 Å². The second-order valence-corrected chi connectivity index (χ2v) is 7.19. The molecule has 0 fully saturated rings. The number of aliphatic imine (C=N–C) groups is 1. The molecule has 6 heteroatoms. The smallest absolute Gasteiger partial charge is 0.191 e. The minimum Gasteiger partial charge on any atom is -0.356 e. The molecule has 1 atom stereocenters. The number of halogens is 1. The van der Waals surface area contributed by atoms with Crippen molar-refractivity contribution in [1.82, 2.24) is 15.6 Å². The molecule has 24 heavy (non-hydrogen) atoms. The molecule has 2 aromatic heterocycles. The van der Waals surface area contributed by atoms with Gasteiger partial charge in [-0.3, -0.25) is 9.98 Å². The lowest BCUT2D eigenvalue weighted by molar-refractivity contribution is 0.644. The van der Waals surface area contributed by atoms with E-state index in [1.54, 1.807) is 0 Å². The SMILES string of the molecule is CN=C(NCCc1ccncc1C)NC(C)Cc1ccc(C)s1.I. The van der Waals surface area contributed by atoms with Crippen molar-refractivity contribution < 1.29 is 0 Å². The molecular weight excluding hydrogens is 431 g/mol. The molecule has 0 saturated heterocycles. The molecule has 2 aromatic rings. The van der Waals surface area contributed by atoms with Crippen LogP contribution in [0.3, 0.4) is 0 Å². The first-order chi connectivity index (χ1) is 11.1. The zero-order chi connectivity index (χ0) is 16.7. The standard InChI is InChI=1S/C18H26N4S.HI/c1-13-12-20-9-7-16(13)8-10-21-18(19-4)22-14(2)11-17-6-5-15(3)23-17;/h5-7,9,12,14H,8,10-11H2,1-4H3,(H2,19,21,22);1H. The number of nitrogens with one attached hydrogen (secondary N) is 2. The average molecular weight is 458 g/mol. The summed E-state index contributed by atoms with van der Waals surface area (Å²) in [5.41, 5.74) is 2.56. The van der Waals surface area contributed by atoms with E-state index in [-0.39, 0.29) is 24.0 Å². The Morgan fingerprint density at radius 1 is 1.29 bits per heavy atom. The third kappa shape index (κ3) is 6.76. The number of pyridine rings is 1. The molecule has 0 amide bonds. The van der Waals surface area contributed by atoms with E-state index in [0.29, 0.717) is 6.04 Å². The highest BCUT2D eigenvalue weighted by Crippen LogP contribution is 2.16. The fourth-order valence-electron chi connectivity index (χ4n) is 2.47. The quantitative estimate of drug-likeness (QED) is 0.394. The highest BCUT2D eigenvalue weighted by atomic mass is 127. The van der Waals surface area contributed by atoms with Gasteiger partial charge in [0.15, 0.2) is 5.96 Å². The predicted molar refractivity (Wildman–Crippen MR) is 115 cm³/mol. The third-order valence-electron chi connectivity index (χ3n) is 3.73. The summed E-state index contributed by atoms with van der Waals surface area (Å²) in [6.45, 7) is 7.29. The van der Waals surface area contributed by atoms with E-state index < -0.39 is 0 Å². The van der Waals surface area contributed by atoms with Gasteiger partial charge < -0.3 is 10.6 Å². The van der Waals surface area contributed by atoms with Crippen molar-refractivity contribution >= 4 is 41.3 Å². The highest BCUT2D eigenvalue weighted by Gasteiger charge is 2.08. The van der Waals surface area contributed by atoms with E-state index in [1.165, 1.54) is 20.9 Å². The molecule has 132 valence electrons. The number of aromatic nitrogens is 1. The number of hydrogen-bond acceptors (Lipinski definition) is 3. The number of nitrogens with zero attached hydrogens (tertiary/aromatic N) is 2. The van der Waals surface area contributed by atoms with Crippen LogP contribution < -0.4 is 10.6 Å². The summed E-state index contributed by atoms with van der Waals surface area (Å²) < 4.78 is 0. The summed E-state index contributed by atoms with van der Waals surface area (Å²) in [5, 5.41) is 6.85. The van der Waals surface area contributed by atoms with Crippen LogP contribution in [0.2, 0.25) is 0 Å². The fraction of sp³-hybridized carbons (Fsp3) is 0.444. The van der Waals surface area contributed by atoms with Gasteiger partial charge in [-0.15, -0.1) is 35.3 Å². The van der Waals surface area contributed by atoms with Gasteiger partial charge in [-0.1, -0.05) is 0 Å². The molecule has 1 unspecified atom stereocenters. The number of hydrogen-bond donors (Lipinski definition) is 2. The number of aryl methyl sites for hydroxylation is 2. The fourth-order valence-corrected chi connectivity index (χ4v) is 3.49. The topological polar surface area (TPSA) is 49.3 Å². The van der Waals surface area contributed by atoms with Crippen LogP contribution in [-0.4, -0.2) is 30.6 Å². The first kappa shape index (κ1) is 20.9. The Balaban J connectivity index is 0.00000288. The first-order valence-electron chi connectivity index (χ1n) is 8.00. The highest BCUT2D eigenvalue weighted by molar-refractivity contribution is 14.0. The van der Waals surface area contributed by atoms with E-state index in [9.17, 15) is 0 Å². The first-order valence-corrected chi connectivity index (χ1v) is 8.82. The molecule has 0 bridgehead atoms. The number of guanidine groups is 1. The third-order valence-corrected chi connectivity index (χ3v) is 4.76. The Hall–Kier alpha value is -1.15. The minimum absolute atomic E-state index is 0. The second-order valence-electron chi connectivity index (χ2n) is 5.81. The summed E-state index contributed by atoms with van der Waals surface area (Å²) >= 11 is 1.86. The van der Waals surface area contributed by atoms with Crippen molar-refractivity contribution in [2.45, 2.75) is 39.7 Å². The normalized spacial score (nSPS) is 12.4. The molecular formula is C18H27IN4S. The number of thiophene rings is 1. The van der Waals surface area contributed by atoms with E-state index >= 15 is 0 Å². The summed E-state index contributed by atoms with van der Waals surface area (Å²) in [6, 6.07) is 6.81. The van der Waals surface area contributed by atoms with E-state index in [4.69, 9.17) is 0 Å². The van der Waals surface area contributed by atoms with E-state index in [1.807, 2.05) is 30.8 Å². The van der Waals surface area contributed by atoms with Gasteiger partial charge in [-0.2, -0.15) is 0 Å². The van der Waals surface area contributed by atoms with Crippen molar-refractivity contribution in [1.29, 1.82) is 0 Å².